The van der Waals surface area contributed by atoms with Gasteiger partial charge in [-0.25, -0.2) is 0 Å². The van der Waals surface area contributed by atoms with E-state index in [2.05, 4.69) is 12.6 Å². The highest BCUT2D eigenvalue weighted by atomic mass is 32.1. The first kappa shape index (κ1) is 5.77. The first-order valence-electron chi connectivity index (χ1n) is 2.33. The van der Waals surface area contributed by atoms with Crippen LogP contribution in [0.3, 0.4) is 0 Å². The topological polar surface area (TPSA) is 0 Å². The van der Waals surface area contributed by atoms with Crippen LogP contribution in [-0.4, -0.2) is 7.85 Å². The van der Waals surface area contributed by atoms with Crippen LogP contribution in [0.4, 0.5) is 0 Å². The van der Waals surface area contributed by atoms with Gasteiger partial charge in [0, 0.05) is 4.90 Å². The van der Waals surface area contributed by atoms with Crippen molar-refractivity contribution in [3.8, 4) is 0 Å². The van der Waals surface area contributed by atoms with Crippen LogP contribution < -0.4 is 5.46 Å². The van der Waals surface area contributed by atoms with Crippen LogP contribution in [0, 0.1) is 0 Å². The van der Waals surface area contributed by atoms with Crippen LogP contribution >= 0.6 is 12.6 Å². The Morgan fingerprint density at radius 3 is 2.00 bits per heavy atom. The van der Waals surface area contributed by atoms with Crippen molar-refractivity contribution < 1.29 is 0 Å². The lowest BCUT2D eigenvalue weighted by atomic mass is 9.97. The van der Waals surface area contributed by atoms with Gasteiger partial charge in [0.15, 0.2) is 0 Å². The van der Waals surface area contributed by atoms with Crippen LogP contribution in [0.25, 0.3) is 0 Å². The molecule has 0 unspecified atom stereocenters. The molecule has 0 fully saturated rings. The predicted octanol–water partition coefficient (Wildman–Crippen LogP) is 0.769. The summed E-state index contributed by atoms with van der Waals surface area (Å²) in [7, 11) is 5.39. The summed E-state index contributed by atoms with van der Waals surface area (Å²) in [6.07, 6.45) is 0. The average molecular weight is 120 g/mol. The van der Waals surface area contributed by atoms with Gasteiger partial charge in [-0.3, -0.25) is 0 Å². The molecule has 0 saturated heterocycles. The second-order valence-electron chi connectivity index (χ2n) is 1.59. The molecule has 1 aromatic carbocycles. The summed E-state index contributed by atoms with van der Waals surface area (Å²) in [5.41, 5.74) is 0.780. The molecule has 0 heterocycles. The minimum absolute atomic E-state index is 0.780. The molecule has 0 amide bonds. The Kier molecular flexibility index (Phi) is 1.64. The summed E-state index contributed by atoms with van der Waals surface area (Å²) in [4.78, 5) is 0.944. The van der Waals surface area contributed by atoms with Gasteiger partial charge in [-0.05, 0) is 12.1 Å². The summed E-state index contributed by atoms with van der Waals surface area (Å²) in [6, 6.07) is 7.36. The van der Waals surface area contributed by atoms with E-state index in [1.54, 1.807) is 0 Å². The molecule has 2 heteroatoms. The van der Waals surface area contributed by atoms with E-state index in [-0.39, 0.29) is 0 Å². The largest absolute Gasteiger partial charge is 0.143 e. The monoisotopic (exact) mass is 120 g/mol. The lowest BCUT2D eigenvalue weighted by Crippen LogP contribution is -1.98. The van der Waals surface area contributed by atoms with E-state index in [0.29, 0.717) is 0 Å². The van der Waals surface area contributed by atoms with Crippen LogP contribution in [0.5, 0.6) is 0 Å². The number of thiol groups is 1. The fourth-order valence-electron chi connectivity index (χ4n) is 0.474. The van der Waals surface area contributed by atoms with Crippen LogP contribution in [0.1, 0.15) is 0 Å². The van der Waals surface area contributed by atoms with Gasteiger partial charge in [-0.15, -0.1) is 12.6 Å². The molecule has 8 heavy (non-hydrogen) atoms. The van der Waals surface area contributed by atoms with E-state index in [4.69, 9.17) is 7.85 Å². The van der Waals surface area contributed by atoms with E-state index in [1.807, 2.05) is 24.3 Å². The maximum atomic E-state index is 5.39. The fourth-order valence-corrected chi connectivity index (χ4v) is 0.623. The number of benzene rings is 1. The normalized spacial score (nSPS) is 9.12. The van der Waals surface area contributed by atoms with E-state index >= 15 is 0 Å². The Morgan fingerprint density at radius 2 is 1.62 bits per heavy atom. The van der Waals surface area contributed by atoms with Gasteiger partial charge in [0.1, 0.15) is 7.85 Å². The van der Waals surface area contributed by atoms with Gasteiger partial charge in [0.05, 0.1) is 0 Å². The lowest BCUT2D eigenvalue weighted by Gasteiger charge is -1.89. The van der Waals surface area contributed by atoms with Gasteiger partial charge in [0.25, 0.3) is 0 Å². The van der Waals surface area contributed by atoms with Gasteiger partial charge >= 0.3 is 0 Å². The predicted molar refractivity (Wildman–Crippen MR) is 39.1 cm³/mol. The summed E-state index contributed by atoms with van der Waals surface area (Å²) in [6.45, 7) is 0. The van der Waals surface area contributed by atoms with Crippen molar-refractivity contribution in [2.24, 2.45) is 0 Å². The summed E-state index contributed by atoms with van der Waals surface area (Å²) in [5.74, 6) is 0. The zero-order chi connectivity index (χ0) is 5.98. The van der Waals surface area contributed by atoms with Crippen molar-refractivity contribution in [2.45, 2.75) is 4.90 Å². The van der Waals surface area contributed by atoms with Crippen LogP contribution in [-0.2, 0) is 0 Å². The molecule has 0 nitrogen and oxygen atoms in total. The zero-order valence-electron chi connectivity index (χ0n) is 4.33. The number of hydrogen-bond acceptors (Lipinski definition) is 1. The van der Waals surface area contributed by atoms with Crippen molar-refractivity contribution in [3.63, 3.8) is 0 Å². The summed E-state index contributed by atoms with van der Waals surface area (Å²) >= 11 is 4.08. The van der Waals surface area contributed by atoms with Crippen molar-refractivity contribution in [1.82, 2.24) is 0 Å². The molecule has 0 aromatic heterocycles. The molecule has 38 valence electrons. The Labute approximate surface area is 55.7 Å². The molecule has 0 atom stereocenters. The highest BCUT2D eigenvalue weighted by molar-refractivity contribution is 7.80. The van der Waals surface area contributed by atoms with Gasteiger partial charge in [-0.1, -0.05) is 17.6 Å². The molecule has 0 aliphatic heterocycles. The molecule has 1 rings (SSSR count). The first-order valence-corrected chi connectivity index (χ1v) is 2.78. The average Bonchev–Trinajstić information content (AvgIpc) is 1.77. The Morgan fingerprint density at radius 1 is 1.12 bits per heavy atom. The van der Waals surface area contributed by atoms with Crippen molar-refractivity contribution >= 4 is 25.9 Å². The molecule has 0 bridgehead atoms. The minimum atomic E-state index is 0.780. The molecule has 0 spiro atoms. The quantitative estimate of drug-likeness (QED) is 0.379. The maximum Gasteiger partial charge on any atom is 0.113 e. The third-order valence-electron chi connectivity index (χ3n) is 0.893. The Bertz CT molecular complexity index is 147. The summed E-state index contributed by atoms with van der Waals surface area (Å²) < 4.78 is 0. The molecule has 0 N–H and O–H groups in total. The minimum Gasteiger partial charge on any atom is -0.143 e. The lowest BCUT2D eigenvalue weighted by molar-refractivity contribution is 1.50. The highest BCUT2D eigenvalue weighted by Gasteiger charge is 1.80. The number of hydrogen-bond donors (Lipinski definition) is 1. The molecule has 0 aliphatic rings. The zero-order valence-corrected chi connectivity index (χ0v) is 5.23. The Balaban J connectivity index is 3.03. The van der Waals surface area contributed by atoms with Gasteiger partial charge in [-0.2, -0.15) is 0 Å². The van der Waals surface area contributed by atoms with E-state index in [0.717, 1.165) is 10.4 Å². The van der Waals surface area contributed by atoms with Gasteiger partial charge in [0.2, 0.25) is 0 Å². The highest BCUT2D eigenvalue weighted by Crippen LogP contribution is 1.99. The first-order chi connectivity index (χ1) is 3.79. The van der Waals surface area contributed by atoms with Crippen molar-refractivity contribution in [2.75, 3.05) is 0 Å². The Hall–Kier alpha value is -0.365. The molecule has 0 saturated carbocycles. The molecular formula is C6H5BS. The standard InChI is InChI=1S/C6H5BS/c7-5-1-3-6(8)4-2-5/h1-4,8H. The maximum absolute atomic E-state index is 5.39. The van der Waals surface area contributed by atoms with Crippen molar-refractivity contribution in [1.29, 1.82) is 0 Å². The molecule has 2 radical (unpaired) electrons. The molecule has 0 aliphatic carbocycles. The third-order valence-corrected chi connectivity index (χ3v) is 1.19. The van der Waals surface area contributed by atoms with Crippen LogP contribution in [0.15, 0.2) is 29.2 Å². The second kappa shape index (κ2) is 2.27. The van der Waals surface area contributed by atoms with Gasteiger partial charge < -0.3 is 0 Å². The van der Waals surface area contributed by atoms with Crippen LogP contribution in [0.2, 0.25) is 0 Å². The van der Waals surface area contributed by atoms with Crippen molar-refractivity contribution in [3.05, 3.63) is 24.3 Å². The molecule has 1 aromatic rings. The number of rotatable bonds is 0. The smallest absolute Gasteiger partial charge is 0.113 e. The fraction of sp³-hybridized carbons (Fsp3) is 0. The van der Waals surface area contributed by atoms with E-state index in [1.165, 1.54) is 0 Å². The SMILES string of the molecule is [B]c1ccc(S)cc1. The molecular weight excluding hydrogens is 115 g/mol. The van der Waals surface area contributed by atoms with E-state index < -0.39 is 0 Å². The summed E-state index contributed by atoms with van der Waals surface area (Å²) in [5, 5.41) is 0. The third kappa shape index (κ3) is 1.30. The van der Waals surface area contributed by atoms with E-state index in [9.17, 15) is 0 Å². The second-order valence-corrected chi connectivity index (χ2v) is 2.11.